The number of para-hydroxylation sites is 2. The third-order valence-corrected chi connectivity index (χ3v) is 6.88. The number of nitro benzene ring substituents is 1. The van der Waals surface area contributed by atoms with Crippen LogP contribution in [0.3, 0.4) is 0 Å². The topological polar surface area (TPSA) is 147 Å². The average Bonchev–Trinajstić information content (AvgIpc) is 3.08. The maximum Gasteiger partial charge on any atom is 0.419 e. The molecule has 0 aliphatic carbocycles. The number of benzene rings is 2. The summed E-state index contributed by atoms with van der Waals surface area (Å²) in [6, 6.07) is 10.3. The Bertz CT molecular complexity index is 1440. The first-order valence-corrected chi connectivity index (χ1v) is 12.4. The van der Waals surface area contributed by atoms with Crippen molar-refractivity contribution >= 4 is 38.7 Å². The highest BCUT2D eigenvalue weighted by atomic mass is 32.2. The maximum absolute atomic E-state index is 13.1. The van der Waals surface area contributed by atoms with Gasteiger partial charge in [0.2, 0.25) is 10.0 Å². The number of nitrogens with one attached hydrogen (secondary N) is 1. The van der Waals surface area contributed by atoms with Gasteiger partial charge in [0, 0.05) is 23.6 Å². The molecule has 1 heterocycles. The van der Waals surface area contributed by atoms with Crippen LogP contribution >= 0.6 is 0 Å². The molecule has 1 atom stereocenters. The first-order valence-electron chi connectivity index (χ1n) is 10.9. The van der Waals surface area contributed by atoms with Gasteiger partial charge in [-0.05, 0) is 45.4 Å². The van der Waals surface area contributed by atoms with E-state index in [-0.39, 0.29) is 6.42 Å². The fraction of sp³-hybridized carbons (Fsp3) is 0.333. The molecule has 1 unspecified atom stereocenters. The second kappa shape index (κ2) is 10.1. The number of aromatic nitrogens is 1. The molecular weight excluding hydrogens is 490 g/mol. The van der Waals surface area contributed by atoms with Gasteiger partial charge < -0.3 is 9.47 Å². The van der Waals surface area contributed by atoms with Gasteiger partial charge in [-0.1, -0.05) is 30.3 Å². The number of carbonyl (C=O) groups excluding carboxylic acids is 2. The van der Waals surface area contributed by atoms with E-state index in [0.717, 1.165) is 19.2 Å². The molecular formula is C24H27N3O8S. The lowest BCUT2D eigenvalue weighted by Gasteiger charge is -2.21. The minimum atomic E-state index is -4.50. The summed E-state index contributed by atoms with van der Waals surface area (Å²) in [5.74, 6) is -0.898. The van der Waals surface area contributed by atoms with Crippen LogP contribution in [0.25, 0.3) is 10.9 Å². The zero-order valence-electron chi connectivity index (χ0n) is 20.5. The van der Waals surface area contributed by atoms with Crippen molar-refractivity contribution in [3.05, 3.63) is 69.9 Å². The quantitative estimate of drug-likeness (QED) is 0.283. The summed E-state index contributed by atoms with van der Waals surface area (Å²) in [5.41, 5.74) is 0.0843. The molecule has 3 rings (SSSR count). The summed E-state index contributed by atoms with van der Waals surface area (Å²) in [5, 5.41) is 12.0. The molecule has 0 aliphatic rings. The van der Waals surface area contributed by atoms with Crippen molar-refractivity contribution in [1.29, 1.82) is 0 Å². The van der Waals surface area contributed by atoms with E-state index in [2.05, 4.69) is 4.72 Å². The van der Waals surface area contributed by atoms with E-state index in [0.29, 0.717) is 22.2 Å². The van der Waals surface area contributed by atoms with Gasteiger partial charge in [-0.2, -0.15) is 4.72 Å². The molecule has 1 aromatic heterocycles. The number of ether oxygens (including phenoxy) is 2. The van der Waals surface area contributed by atoms with E-state index in [4.69, 9.17) is 9.47 Å². The molecule has 0 fully saturated rings. The number of hydrogen-bond donors (Lipinski definition) is 1. The van der Waals surface area contributed by atoms with E-state index in [1.54, 1.807) is 52.0 Å². The minimum absolute atomic E-state index is 0.186. The van der Waals surface area contributed by atoms with Crippen molar-refractivity contribution in [2.24, 2.45) is 0 Å². The number of carbonyl (C=O) groups is 2. The van der Waals surface area contributed by atoms with Crippen molar-refractivity contribution in [3.63, 3.8) is 0 Å². The zero-order chi connectivity index (χ0) is 26.8. The van der Waals surface area contributed by atoms with Crippen LogP contribution in [0.1, 0.15) is 32.0 Å². The summed E-state index contributed by atoms with van der Waals surface area (Å²) in [4.78, 5) is 35.6. The Morgan fingerprint density at radius 2 is 1.72 bits per heavy atom. The van der Waals surface area contributed by atoms with Gasteiger partial charge in [0.1, 0.15) is 11.6 Å². The molecule has 0 saturated heterocycles. The van der Waals surface area contributed by atoms with Gasteiger partial charge in [0.15, 0.2) is 4.90 Å². The number of nitro groups is 1. The molecule has 2 aromatic carbocycles. The molecule has 11 nitrogen and oxygen atoms in total. The Morgan fingerprint density at radius 1 is 1.11 bits per heavy atom. The first-order chi connectivity index (χ1) is 16.8. The maximum atomic E-state index is 13.1. The second-order valence-corrected chi connectivity index (χ2v) is 10.7. The van der Waals surface area contributed by atoms with Crippen molar-refractivity contribution in [2.45, 2.75) is 50.7 Å². The first kappa shape index (κ1) is 26.8. The fourth-order valence-electron chi connectivity index (χ4n) is 3.84. The van der Waals surface area contributed by atoms with Gasteiger partial charge in [0.25, 0.3) is 5.69 Å². The predicted octanol–water partition coefficient (Wildman–Crippen LogP) is 3.70. The molecule has 192 valence electrons. The predicted molar refractivity (Wildman–Crippen MR) is 131 cm³/mol. The number of rotatable bonds is 7. The lowest BCUT2D eigenvalue weighted by Crippen LogP contribution is -2.43. The van der Waals surface area contributed by atoms with Gasteiger partial charge in [-0.15, -0.1) is 0 Å². The molecule has 0 saturated carbocycles. The van der Waals surface area contributed by atoms with E-state index < -0.39 is 49.2 Å². The highest BCUT2D eigenvalue weighted by molar-refractivity contribution is 7.89. The number of esters is 1. The molecule has 36 heavy (non-hydrogen) atoms. The Kier molecular flexibility index (Phi) is 7.51. The second-order valence-electron chi connectivity index (χ2n) is 9.02. The summed E-state index contributed by atoms with van der Waals surface area (Å²) in [7, 11) is -3.40. The lowest BCUT2D eigenvalue weighted by atomic mass is 10.0. The Balaban J connectivity index is 2.08. The minimum Gasteiger partial charge on any atom is -0.468 e. The molecule has 0 aliphatic heterocycles. The molecule has 1 N–H and O–H groups in total. The Hall–Kier alpha value is -3.77. The van der Waals surface area contributed by atoms with Crippen LogP contribution in [-0.2, 0) is 30.7 Å². The molecule has 3 aromatic rings. The van der Waals surface area contributed by atoms with E-state index in [1.807, 2.05) is 0 Å². The third-order valence-electron chi connectivity index (χ3n) is 5.36. The van der Waals surface area contributed by atoms with Gasteiger partial charge in [0.05, 0.1) is 17.5 Å². The summed E-state index contributed by atoms with van der Waals surface area (Å²) < 4.78 is 40.1. The molecule has 0 amide bonds. The normalized spacial score (nSPS) is 12.8. The van der Waals surface area contributed by atoms with Crippen LogP contribution in [0.5, 0.6) is 0 Å². The monoisotopic (exact) mass is 517 g/mol. The lowest BCUT2D eigenvalue weighted by molar-refractivity contribution is -0.387. The van der Waals surface area contributed by atoms with Crippen molar-refractivity contribution < 1.29 is 32.4 Å². The zero-order valence-corrected chi connectivity index (χ0v) is 21.3. The van der Waals surface area contributed by atoms with Crippen LogP contribution in [0.4, 0.5) is 10.5 Å². The third kappa shape index (κ3) is 5.55. The molecule has 0 spiro atoms. The number of methoxy groups -OCH3 is 1. The average molecular weight is 518 g/mol. The van der Waals surface area contributed by atoms with E-state index in [9.17, 15) is 28.1 Å². The van der Waals surface area contributed by atoms with E-state index >= 15 is 0 Å². The van der Waals surface area contributed by atoms with Crippen LogP contribution < -0.4 is 4.72 Å². The smallest absolute Gasteiger partial charge is 0.419 e. The van der Waals surface area contributed by atoms with Gasteiger partial charge in [-0.3, -0.25) is 14.9 Å². The number of nitrogens with zero attached hydrogens (tertiary/aromatic N) is 2. The fourth-order valence-corrected chi connectivity index (χ4v) is 5.20. The van der Waals surface area contributed by atoms with Gasteiger partial charge >= 0.3 is 12.1 Å². The molecule has 0 radical (unpaired) electrons. The summed E-state index contributed by atoms with van der Waals surface area (Å²) in [6.45, 7) is 6.86. The number of fused-ring (bicyclic) bond motifs is 1. The Morgan fingerprint density at radius 3 is 2.33 bits per heavy atom. The number of sulfonamides is 1. The summed E-state index contributed by atoms with van der Waals surface area (Å²) >= 11 is 0. The SMILES string of the molecule is COC(=O)C(Cc1c(C)n(C(=O)OC(C)(C)C)c2ccccc12)NS(=O)(=O)c1ccccc1[N+](=O)[O-]. The standard InChI is InChI=1S/C24H27N3O8S/c1-15-17(16-10-6-7-11-19(16)26(15)23(29)35-24(2,3)4)14-18(22(28)34-5)25-36(32,33)21-13-9-8-12-20(21)27(30)31/h6-13,18,25H,14H2,1-5H3. The van der Waals surface area contributed by atoms with Crippen LogP contribution in [-0.4, -0.2) is 48.7 Å². The molecule has 12 heteroatoms. The van der Waals surface area contributed by atoms with Crippen molar-refractivity contribution in [1.82, 2.24) is 9.29 Å². The van der Waals surface area contributed by atoms with Crippen LogP contribution in [0, 0.1) is 17.0 Å². The van der Waals surface area contributed by atoms with Crippen LogP contribution in [0.2, 0.25) is 0 Å². The highest BCUT2D eigenvalue weighted by Crippen LogP contribution is 2.29. The van der Waals surface area contributed by atoms with Crippen LogP contribution in [0.15, 0.2) is 53.4 Å². The highest BCUT2D eigenvalue weighted by Gasteiger charge is 2.33. The van der Waals surface area contributed by atoms with Crippen molar-refractivity contribution in [2.75, 3.05) is 7.11 Å². The van der Waals surface area contributed by atoms with E-state index in [1.165, 1.54) is 16.7 Å². The van der Waals surface area contributed by atoms with Gasteiger partial charge in [-0.25, -0.2) is 17.8 Å². The summed E-state index contributed by atoms with van der Waals surface area (Å²) in [6.07, 6.45) is -0.813. The molecule has 0 bridgehead atoms. The number of hydrogen-bond acceptors (Lipinski definition) is 8. The Labute approximate surface area is 208 Å². The largest absolute Gasteiger partial charge is 0.468 e. The van der Waals surface area contributed by atoms with Crippen molar-refractivity contribution in [3.8, 4) is 0 Å².